The molecule has 2 aromatic carbocycles. The highest BCUT2D eigenvalue weighted by atomic mass is 32.1. The average Bonchev–Trinajstić information content (AvgIpc) is 2.98. The van der Waals surface area contributed by atoms with Gasteiger partial charge in [-0.25, -0.2) is 4.98 Å². The fraction of sp³-hybridized carbons (Fsp3) is 0.158. The molecule has 0 aliphatic rings. The van der Waals surface area contributed by atoms with E-state index in [-0.39, 0.29) is 6.42 Å². The van der Waals surface area contributed by atoms with Gasteiger partial charge in [0, 0.05) is 12.4 Å². The highest BCUT2D eigenvalue weighted by Crippen LogP contribution is 2.30. The summed E-state index contributed by atoms with van der Waals surface area (Å²) in [7, 11) is 0. The molecule has 0 radical (unpaired) electrons. The quantitative estimate of drug-likeness (QED) is 0.722. The number of aromatic nitrogens is 1. The van der Waals surface area contributed by atoms with Crippen molar-refractivity contribution in [3.05, 3.63) is 64.7 Å². The van der Waals surface area contributed by atoms with Gasteiger partial charge in [-0.2, -0.15) is 0 Å². The molecular weight excluding hydrogens is 306 g/mol. The zero-order valence-electron chi connectivity index (χ0n) is 12.8. The second kappa shape index (κ2) is 6.75. The Kier molecular flexibility index (Phi) is 4.53. The number of thiazole rings is 1. The van der Waals surface area contributed by atoms with Crippen molar-refractivity contribution in [3.63, 3.8) is 0 Å². The molecular formula is C19H16NO2S-. The molecule has 0 saturated heterocycles. The van der Waals surface area contributed by atoms with E-state index in [2.05, 4.69) is 24.0 Å². The molecule has 0 atom stereocenters. The summed E-state index contributed by atoms with van der Waals surface area (Å²) in [6.45, 7) is 2.10. The maximum atomic E-state index is 11.1. The number of para-hydroxylation sites is 1. The zero-order chi connectivity index (χ0) is 16.2. The molecule has 0 spiro atoms. The predicted molar refractivity (Wildman–Crippen MR) is 92.9 cm³/mol. The van der Waals surface area contributed by atoms with Gasteiger partial charge in [-0.15, -0.1) is 11.3 Å². The molecule has 3 rings (SSSR count). The van der Waals surface area contributed by atoms with Crippen LogP contribution in [0.1, 0.15) is 29.5 Å². The van der Waals surface area contributed by atoms with Crippen LogP contribution in [0.15, 0.2) is 48.5 Å². The number of fused-ring (bicyclic) bond motifs is 1. The number of aryl methyl sites for hydroxylation is 1. The van der Waals surface area contributed by atoms with E-state index in [4.69, 9.17) is 0 Å². The molecule has 3 aromatic rings. The van der Waals surface area contributed by atoms with Gasteiger partial charge in [-0.3, -0.25) is 0 Å². The van der Waals surface area contributed by atoms with Gasteiger partial charge in [0.25, 0.3) is 0 Å². The van der Waals surface area contributed by atoms with Crippen molar-refractivity contribution in [1.29, 1.82) is 0 Å². The van der Waals surface area contributed by atoms with Gasteiger partial charge in [-0.05, 0) is 41.3 Å². The Morgan fingerprint density at radius 1 is 1.17 bits per heavy atom. The first kappa shape index (κ1) is 15.4. The van der Waals surface area contributed by atoms with Crippen molar-refractivity contribution in [2.45, 2.75) is 19.8 Å². The lowest BCUT2D eigenvalue weighted by Crippen LogP contribution is -2.22. The molecule has 0 aliphatic heterocycles. The predicted octanol–water partition coefficient (Wildman–Crippen LogP) is 3.54. The summed E-state index contributed by atoms with van der Waals surface area (Å²) in [4.78, 5) is 15.7. The molecule has 0 amide bonds. The monoisotopic (exact) mass is 322 g/mol. The first-order valence-electron chi connectivity index (χ1n) is 7.51. The average molecular weight is 322 g/mol. The standard InChI is InChI=1S/C19H17NO2S/c1-2-13-7-9-14(10-8-13)11-15(12-18(21)22)19-20-16-5-3-4-6-17(16)23-19/h3-11H,2,12H2,1H3,(H,21,22)/p-1/b15-11+. The molecule has 3 nitrogen and oxygen atoms in total. The third kappa shape index (κ3) is 3.66. The number of carboxylic acids is 1. The lowest BCUT2D eigenvalue weighted by Gasteiger charge is -2.06. The Morgan fingerprint density at radius 3 is 2.57 bits per heavy atom. The SMILES string of the molecule is CCc1ccc(/C=C(\CC(=O)[O-])c2nc3ccccc3s2)cc1. The molecule has 23 heavy (non-hydrogen) atoms. The van der Waals surface area contributed by atoms with Crippen molar-refractivity contribution in [1.82, 2.24) is 4.98 Å². The topological polar surface area (TPSA) is 53.0 Å². The van der Waals surface area contributed by atoms with Crippen molar-refractivity contribution in [3.8, 4) is 0 Å². The van der Waals surface area contributed by atoms with Crippen LogP contribution in [0, 0.1) is 0 Å². The summed E-state index contributed by atoms with van der Waals surface area (Å²) in [6, 6.07) is 15.9. The minimum atomic E-state index is -1.10. The van der Waals surface area contributed by atoms with Crippen LogP contribution >= 0.6 is 11.3 Å². The van der Waals surface area contributed by atoms with Gasteiger partial charge >= 0.3 is 0 Å². The number of rotatable bonds is 5. The van der Waals surface area contributed by atoms with E-state index < -0.39 is 5.97 Å². The van der Waals surface area contributed by atoms with Crippen LogP contribution in [0.3, 0.4) is 0 Å². The normalized spacial score (nSPS) is 11.8. The number of carbonyl (C=O) groups excluding carboxylic acids is 1. The van der Waals surface area contributed by atoms with Crippen molar-refractivity contribution in [2.24, 2.45) is 0 Å². The third-order valence-electron chi connectivity index (χ3n) is 3.63. The van der Waals surface area contributed by atoms with Gasteiger partial charge in [0.2, 0.25) is 0 Å². The van der Waals surface area contributed by atoms with Gasteiger partial charge in [0.15, 0.2) is 0 Å². The Hall–Kier alpha value is -2.46. The number of hydrogen-bond donors (Lipinski definition) is 0. The number of hydrogen-bond acceptors (Lipinski definition) is 4. The third-order valence-corrected chi connectivity index (χ3v) is 4.74. The second-order valence-corrected chi connectivity index (χ2v) is 6.33. The molecule has 0 bridgehead atoms. The van der Waals surface area contributed by atoms with E-state index in [1.165, 1.54) is 16.9 Å². The number of nitrogens with zero attached hydrogens (tertiary/aromatic N) is 1. The van der Waals surface area contributed by atoms with Crippen LogP contribution in [0.4, 0.5) is 0 Å². The summed E-state index contributed by atoms with van der Waals surface area (Å²) in [5.41, 5.74) is 3.79. The molecule has 1 aromatic heterocycles. The van der Waals surface area contributed by atoms with Gasteiger partial charge in [0.1, 0.15) is 5.01 Å². The number of carbonyl (C=O) groups is 1. The van der Waals surface area contributed by atoms with Crippen molar-refractivity contribution < 1.29 is 9.90 Å². The molecule has 0 fully saturated rings. The van der Waals surface area contributed by atoms with E-state index in [1.54, 1.807) is 0 Å². The maximum absolute atomic E-state index is 11.1. The van der Waals surface area contributed by atoms with Crippen molar-refractivity contribution in [2.75, 3.05) is 0 Å². The highest BCUT2D eigenvalue weighted by molar-refractivity contribution is 7.19. The summed E-state index contributed by atoms with van der Waals surface area (Å²) in [5.74, 6) is -1.10. The molecule has 4 heteroatoms. The summed E-state index contributed by atoms with van der Waals surface area (Å²) in [6.07, 6.45) is 2.72. The number of aliphatic carboxylic acids is 1. The molecule has 0 saturated carbocycles. The van der Waals surface area contributed by atoms with Gasteiger partial charge in [-0.1, -0.05) is 43.3 Å². The van der Waals surface area contributed by atoms with E-state index in [1.807, 2.05) is 42.5 Å². The van der Waals surface area contributed by atoms with E-state index in [9.17, 15) is 9.90 Å². The fourth-order valence-electron chi connectivity index (χ4n) is 2.40. The maximum Gasteiger partial charge on any atom is 0.120 e. The Bertz CT molecular complexity index is 829. The van der Waals surface area contributed by atoms with E-state index in [0.29, 0.717) is 5.57 Å². The van der Waals surface area contributed by atoms with E-state index >= 15 is 0 Å². The summed E-state index contributed by atoms with van der Waals surface area (Å²) < 4.78 is 1.05. The second-order valence-electron chi connectivity index (χ2n) is 5.30. The Balaban J connectivity index is 2.01. The zero-order valence-corrected chi connectivity index (χ0v) is 13.6. The van der Waals surface area contributed by atoms with E-state index in [0.717, 1.165) is 27.2 Å². The Labute approximate surface area is 138 Å². The van der Waals surface area contributed by atoms with Crippen molar-refractivity contribution >= 4 is 39.2 Å². The Morgan fingerprint density at radius 2 is 1.91 bits per heavy atom. The minimum absolute atomic E-state index is 0.144. The summed E-state index contributed by atoms with van der Waals surface area (Å²) in [5, 5.41) is 11.8. The molecule has 0 unspecified atom stereocenters. The number of carboxylic acid groups (broad SMARTS) is 1. The van der Waals surface area contributed by atoms with Crippen LogP contribution < -0.4 is 5.11 Å². The first-order chi connectivity index (χ1) is 11.2. The van der Waals surface area contributed by atoms with Crippen LogP contribution in [-0.4, -0.2) is 11.0 Å². The summed E-state index contributed by atoms with van der Waals surface area (Å²) >= 11 is 1.50. The van der Waals surface area contributed by atoms with Gasteiger partial charge < -0.3 is 9.90 Å². The lowest BCUT2D eigenvalue weighted by molar-refractivity contribution is -0.304. The first-order valence-corrected chi connectivity index (χ1v) is 8.32. The van der Waals surface area contributed by atoms with Gasteiger partial charge in [0.05, 0.1) is 10.2 Å². The van der Waals surface area contributed by atoms with Crippen LogP contribution in [-0.2, 0) is 11.2 Å². The minimum Gasteiger partial charge on any atom is -0.550 e. The smallest absolute Gasteiger partial charge is 0.120 e. The van der Waals surface area contributed by atoms with Crippen LogP contribution in [0.25, 0.3) is 21.9 Å². The largest absolute Gasteiger partial charge is 0.550 e. The highest BCUT2D eigenvalue weighted by Gasteiger charge is 2.09. The lowest BCUT2D eigenvalue weighted by atomic mass is 10.1. The molecule has 1 heterocycles. The number of benzene rings is 2. The fourth-order valence-corrected chi connectivity index (χ4v) is 3.38. The molecule has 0 aliphatic carbocycles. The van der Waals surface area contributed by atoms with Crippen LogP contribution in [0.5, 0.6) is 0 Å². The molecule has 0 N–H and O–H groups in total. The molecule has 116 valence electrons. The van der Waals surface area contributed by atoms with Crippen LogP contribution in [0.2, 0.25) is 0 Å².